The molecule has 0 heterocycles. The summed E-state index contributed by atoms with van der Waals surface area (Å²) in [5.41, 5.74) is -0.852. The monoisotopic (exact) mass is 368 g/mol. The van der Waals surface area contributed by atoms with Crippen molar-refractivity contribution in [1.29, 1.82) is 0 Å². The van der Waals surface area contributed by atoms with Crippen LogP contribution in [0.15, 0.2) is 0 Å². The van der Waals surface area contributed by atoms with Crippen molar-refractivity contribution in [2.75, 3.05) is 0 Å². The molecule has 0 rings (SSSR count). The zero-order valence-corrected chi connectivity index (χ0v) is 15.5. The summed E-state index contributed by atoms with van der Waals surface area (Å²) in [6.07, 6.45) is 14.5. The molecule has 1 unspecified atom stereocenters. The molecule has 0 spiro atoms. The number of hydrogen-bond acceptors (Lipinski definition) is 0. The third-order valence-electron chi connectivity index (χ3n) is 3.60. The molecule has 2 heteroatoms. The Morgan fingerprint density at radius 2 is 1.00 bits per heavy atom. The van der Waals surface area contributed by atoms with Crippen LogP contribution in [0.3, 0.4) is 0 Å². The van der Waals surface area contributed by atoms with Crippen LogP contribution in [-0.4, -0.2) is 5.57 Å². The van der Waals surface area contributed by atoms with E-state index in [-0.39, 0.29) is 0 Å². The number of hydrogen-bond donors (Lipinski definition) is 0. The van der Waals surface area contributed by atoms with E-state index < -0.39 is 5.57 Å². The van der Waals surface area contributed by atoms with Crippen LogP contribution in [0.5, 0.6) is 0 Å². The first kappa shape index (κ1) is 17.9. The molecule has 0 radical (unpaired) electrons. The van der Waals surface area contributed by atoms with Crippen molar-refractivity contribution in [3.05, 3.63) is 0 Å². The van der Waals surface area contributed by atoms with Crippen LogP contribution in [-0.2, 0) is 0 Å². The Morgan fingerprint density at radius 1 is 0.647 bits per heavy atom. The minimum atomic E-state index is -0.852. The molecular weight excluding hydrogens is 335 g/mol. The zero-order valence-electron chi connectivity index (χ0n) is 12.4. The van der Waals surface area contributed by atoms with Gasteiger partial charge in [0.1, 0.15) is 5.57 Å². The van der Waals surface area contributed by atoms with Gasteiger partial charge in [0.05, 0.1) is 0 Å². The Morgan fingerprint density at radius 3 is 1.47 bits per heavy atom. The molecule has 0 saturated heterocycles. The average molecular weight is 368 g/mol. The fourth-order valence-electron chi connectivity index (χ4n) is 2.32. The Kier molecular flexibility index (Phi) is 12.7. The van der Waals surface area contributed by atoms with Gasteiger partial charge in [-0.3, -0.25) is 0 Å². The van der Waals surface area contributed by atoms with Crippen LogP contribution in [0, 0.1) is 0 Å². The number of halogens is 1. The molecule has 0 N–H and O–H groups in total. The summed E-state index contributed by atoms with van der Waals surface area (Å²) in [7, 11) is 0. The van der Waals surface area contributed by atoms with E-state index in [9.17, 15) is 0 Å². The molecule has 0 aromatic carbocycles. The third kappa shape index (κ3) is 13.2. The largest absolute Gasteiger partial charge is 0.122 e. The second-order valence-corrected chi connectivity index (χ2v) is 17.4. The minimum absolute atomic E-state index is 0.852. The normalized spacial score (nSPS) is 14.8. The molecule has 0 aliphatic carbocycles. The summed E-state index contributed by atoms with van der Waals surface area (Å²) in [4.78, 5) is 0. The maximum atomic E-state index is 2.83. The summed E-state index contributed by atoms with van der Waals surface area (Å²) < 4.78 is 0. The molecule has 17 heavy (non-hydrogen) atoms. The van der Waals surface area contributed by atoms with E-state index in [0.717, 1.165) is 0 Å². The smallest absolute Gasteiger partial charge is 0.119 e. The highest BCUT2D eigenvalue weighted by Gasteiger charge is 2.21. The van der Waals surface area contributed by atoms with E-state index >= 15 is 0 Å². The third-order valence-corrected chi connectivity index (χ3v) is 9.63. The highest BCUT2D eigenvalue weighted by molar-refractivity contribution is 14.1. The van der Waals surface area contributed by atoms with Crippen molar-refractivity contribution >= 4 is 27.4 Å². The molecule has 0 aromatic heterocycles. The second kappa shape index (κ2) is 12.0. The summed E-state index contributed by atoms with van der Waals surface area (Å²) in [5.74, 6) is 0. The Bertz CT molecular complexity index is 157. The zero-order chi connectivity index (χ0) is 13.0. The van der Waals surface area contributed by atoms with Crippen LogP contribution in [0.1, 0.15) is 78.1 Å². The summed E-state index contributed by atoms with van der Waals surface area (Å²) in [6, 6.07) is 3.12. The van der Waals surface area contributed by atoms with Gasteiger partial charge >= 0.3 is 0 Å². The Labute approximate surface area is 124 Å². The lowest BCUT2D eigenvalue weighted by Crippen LogP contribution is -2.20. The first-order valence-corrected chi connectivity index (χ1v) is 13.8. The van der Waals surface area contributed by atoms with Gasteiger partial charge in [-0.05, 0) is 12.1 Å². The van der Waals surface area contributed by atoms with E-state index in [1.165, 1.54) is 64.2 Å². The molecular formula is C15H33ISi. The van der Waals surface area contributed by atoms with Crippen LogP contribution < -0.4 is 0 Å². The van der Waals surface area contributed by atoms with Gasteiger partial charge in [-0.25, -0.2) is 0 Å². The van der Waals surface area contributed by atoms with Crippen LogP contribution in [0.25, 0.3) is 0 Å². The van der Waals surface area contributed by atoms with Crippen molar-refractivity contribution < 1.29 is 0 Å². The Hall–Kier alpha value is 0.947. The topological polar surface area (TPSA) is 0 Å². The quantitative estimate of drug-likeness (QED) is 0.151. The molecule has 0 aliphatic rings. The van der Waals surface area contributed by atoms with E-state index in [2.05, 4.69) is 42.2 Å². The lowest BCUT2D eigenvalue weighted by molar-refractivity contribution is 0.622. The maximum Gasteiger partial charge on any atom is 0.122 e. The van der Waals surface area contributed by atoms with Gasteiger partial charge in [0.2, 0.25) is 0 Å². The molecule has 0 fully saturated rings. The van der Waals surface area contributed by atoms with Crippen LogP contribution >= 0.6 is 21.8 Å². The van der Waals surface area contributed by atoms with Crippen molar-refractivity contribution in [1.82, 2.24) is 0 Å². The maximum absolute atomic E-state index is 2.83. The van der Waals surface area contributed by atoms with Crippen molar-refractivity contribution in [3.63, 3.8) is 0 Å². The molecule has 0 nitrogen and oxygen atoms in total. The van der Waals surface area contributed by atoms with E-state index in [0.29, 0.717) is 0 Å². The SMILES string of the molecule is CCCCCCCC[Si](C)(I)CCCCCC. The van der Waals surface area contributed by atoms with Gasteiger partial charge in [0.15, 0.2) is 0 Å². The molecule has 1 atom stereocenters. The highest BCUT2D eigenvalue weighted by Crippen LogP contribution is 2.29. The van der Waals surface area contributed by atoms with E-state index in [4.69, 9.17) is 0 Å². The average Bonchev–Trinajstić information content (AvgIpc) is 2.29. The summed E-state index contributed by atoms with van der Waals surface area (Å²) >= 11 is 2.83. The van der Waals surface area contributed by atoms with Gasteiger partial charge in [-0.2, -0.15) is 0 Å². The standard InChI is InChI=1S/C15H33ISi/c1-4-6-8-10-11-13-15-17(3,16)14-12-9-7-5-2/h4-15H2,1-3H3. The lowest BCUT2D eigenvalue weighted by atomic mass is 10.1. The number of rotatable bonds is 12. The predicted molar refractivity (Wildman–Crippen MR) is 92.8 cm³/mol. The van der Waals surface area contributed by atoms with Gasteiger partial charge in [-0.1, -0.05) is 84.6 Å². The van der Waals surface area contributed by atoms with Gasteiger partial charge < -0.3 is 0 Å². The van der Waals surface area contributed by atoms with Crippen molar-refractivity contribution in [2.24, 2.45) is 0 Å². The fourth-order valence-corrected chi connectivity index (χ4v) is 6.83. The molecule has 0 amide bonds. The predicted octanol–water partition coefficient (Wildman–Crippen LogP) is 6.94. The number of unbranched alkanes of at least 4 members (excludes halogenated alkanes) is 8. The van der Waals surface area contributed by atoms with Crippen LogP contribution in [0.2, 0.25) is 18.6 Å². The van der Waals surface area contributed by atoms with E-state index in [1.54, 1.807) is 12.1 Å². The molecule has 0 aromatic rings. The van der Waals surface area contributed by atoms with Crippen molar-refractivity contribution in [2.45, 2.75) is 96.7 Å². The highest BCUT2D eigenvalue weighted by atomic mass is 127. The van der Waals surface area contributed by atoms with Gasteiger partial charge in [0.25, 0.3) is 0 Å². The molecule has 104 valence electrons. The minimum Gasteiger partial charge on any atom is -0.119 e. The summed E-state index contributed by atoms with van der Waals surface area (Å²) in [6.45, 7) is 7.19. The van der Waals surface area contributed by atoms with Crippen LogP contribution in [0.4, 0.5) is 0 Å². The molecule has 0 aliphatic heterocycles. The second-order valence-electron chi connectivity index (χ2n) is 5.74. The fraction of sp³-hybridized carbons (Fsp3) is 1.00. The molecule has 0 saturated carbocycles. The van der Waals surface area contributed by atoms with Gasteiger partial charge in [0, 0.05) is 0 Å². The lowest BCUT2D eigenvalue weighted by Gasteiger charge is -2.19. The van der Waals surface area contributed by atoms with E-state index in [1.807, 2.05) is 0 Å². The first-order chi connectivity index (χ1) is 8.12. The van der Waals surface area contributed by atoms with Gasteiger partial charge in [-0.15, -0.1) is 21.8 Å². The summed E-state index contributed by atoms with van der Waals surface area (Å²) in [5, 5.41) is 0. The first-order valence-electron chi connectivity index (χ1n) is 7.81. The Balaban J connectivity index is 3.37. The van der Waals surface area contributed by atoms with Crippen molar-refractivity contribution in [3.8, 4) is 0 Å². The molecule has 0 bridgehead atoms.